The van der Waals surface area contributed by atoms with E-state index in [9.17, 15) is 9.59 Å². The third-order valence-corrected chi connectivity index (χ3v) is 4.99. The number of nitrogens with one attached hydrogen (secondary N) is 1. The number of hydrogen-bond donors (Lipinski definition) is 1. The molecule has 6 heteroatoms. The number of amides is 1. The lowest BCUT2D eigenvalue weighted by Gasteiger charge is -2.06. The normalized spacial score (nSPS) is 10.5. The van der Waals surface area contributed by atoms with Gasteiger partial charge in [0, 0.05) is 20.3 Å². The largest absolute Gasteiger partial charge is 0.459 e. The highest BCUT2D eigenvalue weighted by Crippen LogP contribution is 2.26. The van der Waals surface area contributed by atoms with E-state index in [1.807, 2.05) is 29.6 Å². The van der Waals surface area contributed by atoms with Gasteiger partial charge in [0.15, 0.2) is 0 Å². The number of thiophene rings is 1. The Hall–Kier alpha value is -2.18. The van der Waals surface area contributed by atoms with Gasteiger partial charge in [0.05, 0.1) is 0 Å². The van der Waals surface area contributed by atoms with Crippen molar-refractivity contribution in [2.45, 2.75) is 6.61 Å². The predicted octanol–water partition coefficient (Wildman–Crippen LogP) is 4.14. The maximum Gasteiger partial charge on any atom is 0.325 e. The summed E-state index contributed by atoms with van der Waals surface area (Å²) in [7, 11) is 0. The highest BCUT2D eigenvalue weighted by Gasteiger charge is 2.10. The summed E-state index contributed by atoms with van der Waals surface area (Å²) in [6.45, 7) is 0.0496. The smallest absolute Gasteiger partial charge is 0.325 e. The van der Waals surface area contributed by atoms with Crippen LogP contribution in [0.15, 0.2) is 58.4 Å². The minimum absolute atomic E-state index is 0.156. The van der Waals surface area contributed by atoms with Gasteiger partial charge in [0.25, 0.3) is 5.91 Å². The van der Waals surface area contributed by atoms with Crippen LogP contribution in [0.2, 0.25) is 0 Å². The van der Waals surface area contributed by atoms with E-state index >= 15 is 0 Å². The maximum atomic E-state index is 11.9. The molecule has 1 amide bonds. The van der Waals surface area contributed by atoms with Gasteiger partial charge in [-0.3, -0.25) is 9.59 Å². The monoisotopic (exact) mass is 403 g/mol. The van der Waals surface area contributed by atoms with Crippen molar-refractivity contribution in [2.75, 3.05) is 6.54 Å². The summed E-state index contributed by atoms with van der Waals surface area (Å²) in [5.74, 6) is -0.767. The van der Waals surface area contributed by atoms with Crippen molar-refractivity contribution in [3.63, 3.8) is 0 Å². The first-order valence-electron chi connectivity index (χ1n) is 7.28. The zero-order chi connectivity index (χ0) is 16.9. The molecule has 0 aliphatic heterocycles. The fourth-order valence-corrected chi connectivity index (χ4v) is 3.42. The number of hydrogen-bond acceptors (Lipinski definition) is 4. The molecule has 0 spiro atoms. The molecule has 4 nitrogen and oxygen atoms in total. The number of benzene rings is 2. The Bertz CT molecular complexity index is 873. The van der Waals surface area contributed by atoms with Crippen LogP contribution in [-0.2, 0) is 16.1 Å². The van der Waals surface area contributed by atoms with Gasteiger partial charge in [-0.25, -0.2) is 0 Å². The molecule has 3 aromatic rings. The fraction of sp³-hybridized carbons (Fsp3) is 0.111. The zero-order valence-electron chi connectivity index (χ0n) is 12.6. The molecule has 0 atom stereocenters. The zero-order valence-corrected chi connectivity index (χ0v) is 15.0. The van der Waals surface area contributed by atoms with Gasteiger partial charge in [-0.15, -0.1) is 11.3 Å². The summed E-state index contributed by atoms with van der Waals surface area (Å²) in [5.41, 5.74) is 1.47. The lowest BCUT2D eigenvalue weighted by atomic mass is 10.2. The van der Waals surface area contributed by atoms with Crippen molar-refractivity contribution < 1.29 is 14.3 Å². The van der Waals surface area contributed by atoms with Crippen molar-refractivity contribution in [3.05, 3.63) is 69.5 Å². The van der Waals surface area contributed by atoms with Crippen molar-refractivity contribution >= 4 is 49.2 Å². The quantitative estimate of drug-likeness (QED) is 0.651. The van der Waals surface area contributed by atoms with Crippen LogP contribution in [0, 0.1) is 0 Å². The van der Waals surface area contributed by atoms with Crippen LogP contribution in [0.3, 0.4) is 0 Å². The minimum atomic E-state index is -0.462. The van der Waals surface area contributed by atoms with Crippen molar-refractivity contribution in [2.24, 2.45) is 0 Å². The third-order valence-electron chi connectivity index (χ3n) is 3.45. The molecule has 122 valence electrons. The van der Waals surface area contributed by atoms with Gasteiger partial charge in [-0.1, -0.05) is 34.1 Å². The SMILES string of the molecule is O=C(CNC(=O)c1ccc(Br)cc1)OCc1csc2ccccc12. The molecule has 0 saturated heterocycles. The highest BCUT2D eigenvalue weighted by molar-refractivity contribution is 9.10. The Balaban J connectivity index is 1.51. The van der Waals surface area contributed by atoms with Crippen molar-refractivity contribution in [3.8, 4) is 0 Å². The van der Waals surface area contributed by atoms with E-state index in [1.54, 1.807) is 35.6 Å². The Morgan fingerprint density at radius 1 is 1.08 bits per heavy atom. The average molecular weight is 404 g/mol. The van der Waals surface area contributed by atoms with E-state index in [4.69, 9.17) is 4.74 Å². The second kappa shape index (κ2) is 7.59. The molecule has 0 bridgehead atoms. The number of ether oxygens (including phenoxy) is 1. The van der Waals surface area contributed by atoms with Crippen LogP contribution >= 0.6 is 27.3 Å². The summed E-state index contributed by atoms with van der Waals surface area (Å²) in [6, 6.07) is 14.9. The molecular weight excluding hydrogens is 390 g/mol. The topological polar surface area (TPSA) is 55.4 Å². The van der Waals surface area contributed by atoms with Gasteiger partial charge < -0.3 is 10.1 Å². The van der Waals surface area contributed by atoms with Gasteiger partial charge >= 0.3 is 5.97 Å². The number of esters is 1. The summed E-state index contributed by atoms with van der Waals surface area (Å²) in [6.07, 6.45) is 0. The average Bonchev–Trinajstić information content (AvgIpc) is 3.01. The molecule has 2 aromatic carbocycles. The van der Waals surface area contributed by atoms with E-state index in [-0.39, 0.29) is 19.1 Å². The number of carbonyl (C=O) groups is 2. The molecule has 1 N–H and O–H groups in total. The number of carbonyl (C=O) groups excluding carboxylic acids is 2. The Kier molecular flexibility index (Phi) is 5.27. The molecule has 0 aliphatic rings. The van der Waals surface area contributed by atoms with E-state index in [0.717, 1.165) is 20.1 Å². The number of rotatable bonds is 5. The molecule has 0 fully saturated rings. The Labute approximate surface area is 151 Å². The molecular formula is C18H14BrNO3S. The van der Waals surface area contributed by atoms with Crippen molar-refractivity contribution in [1.29, 1.82) is 0 Å². The van der Waals surface area contributed by atoms with E-state index < -0.39 is 5.97 Å². The second-order valence-electron chi connectivity index (χ2n) is 5.11. The Morgan fingerprint density at radius 3 is 2.62 bits per heavy atom. The summed E-state index contributed by atoms with van der Waals surface area (Å²) >= 11 is 4.93. The van der Waals surface area contributed by atoms with Gasteiger partial charge in [0.1, 0.15) is 13.2 Å². The first-order valence-corrected chi connectivity index (χ1v) is 8.95. The molecule has 1 aromatic heterocycles. The standard InChI is InChI=1S/C18H14BrNO3S/c19-14-7-5-12(6-8-14)18(22)20-9-17(21)23-10-13-11-24-16-4-2-1-3-15(13)16/h1-8,11H,9-10H2,(H,20,22). The molecule has 3 rings (SSSR count). The van der Waals surface area contributed by atoms with Crippen LogP contribution in [0.4, 0.5) is 0 Å². The lowest BCUT2D eigenvalue weighted by molar-refractivity contribution is -0.143. The third kappa shape index (κ3) is 4.01. The van der Waals surface area contributed by atoms with Gasteiger partial charge in [-0.2, -0.15) is 0 Å². The van der Waals surface area contributed by atoms with Crippen LogP contribution in [0.25, 0.3) is 10.1 Å². The molecule has 0 radical (unpaired) electrons. The van der Waals surface area contributed by atoms with E-state index in [1.165, 1.54) is 0 Å². The van der Waals surface area contributed by atoms with Crippen LogP contribution in [0.5, 0.6) is 0 Å². The molecule has 0 aliphatic carbocycles. The number of halogens is 1. The maximum absolute atomic E-state index is 11.9. The highest BCUT2D eigenvalue weighted by atomic mass is 79.9. The number of fused-ring (bicyclic) bond motifs is 1. The second-order valence-corrected chi connectivity index (χ2v) is 6.93. The first kappa shape index (κ1) is 16.7. The predicted molar refractivity (Wildman–Crippen MR) is 98.1 cm³/mol. The lowest BCUT2D eigenvalue weighted by Crippen LogP contribution is -2.30. The van der Waals surface area contributed by atoms with E-state index in [2.05, 4.69) is 21.2 Å². The Morgan fingerprint density at radius 2 is 1.83 bits per heavy atom. The summed E-state index contributed by atoms with van der Waals surface area (Å²) in [4.78, 5) is 23.8. The summed E-state index contributed by atoms with van der Waals surface area (Å²) < 4.78 is 7.29. The van der Waals surface area contributed by atoms with Gasteiger partial charge in [-0.05, 0) is 41.1 Å². The summed E-state index contributed by atoms with van der Waals surface area (Å²) in [5, 5.41) is 5.64. The fourth-order valence-electron chi connectivity index (χ4n) is 2.21. The van der Waals surface area contributed by atoms with Crippen LogP contribution in [-0.4, -0.2) is 18.4 Å². The van der Waals surface area contributed by atoms with Gasteiger partial charge in [0.2, 0.25) is 0 Å². The molecule has 24 heavy (non-hydrogen) atoms. The van der Waals surface area contributed by atoms with Crippen LogP contribution < -0.4 is 5.32 Å². The van der Waals surface area contributed by atoms with Crippen molar-refractivity contribution in [1.82, 2.24) is 5.32 Å². The molecule has 0 unspecified atom stereocenters. The van der Waals surface area contributed by atoms with Crippen LogP contribution in [0.1, 0.15) is 15.9 Å². The molecule has 0 saturated carbocycles. The molecule has 1 heterocycles. The van der Waals surface area contributed by atoms with E-state index in [0.29, 0.717) is 5.56 Å². The first-order chi connectivity index (χ1) is 11.6. The minimum Gasteiger partial charge on any atom is -0.459 e.